The van der Waals surface area contributed by atoms with Crippen molar-refractivity contribution in [2.75, 3.05) is 33.8 Å². The first kappa shape index (κ1) is 53.0. The van der Waals surface area contributed by atoms with Gasteiger partial charge in [0, 0.05) is 40.5 Å². The minimum absolute atomic E-state index is 0.0727. The molecule has 2 aliphatic heterocycles. The van der Waals surface area contributed by atoms with E-state index in [1.54, 1.807) is 74.1 Å². The molecule has 2 aromatic carbocycles. The molecule has 1 saturated heterocycles. The van der Waals surface area contributed by atoms with Crippen LogP contribution in [-0.2, 0) is 36.9 Å². The number of aliphatic hydroxyl groups is 4. The molecule has 0 spiro atoms. The molecule has 0 bridgehead atoms. The lowest BCUT2D eigenvalue weighted by Gasteiger charge is -2.46. The van der Waals surface area contributed by atoms with E-state index in [9.17, 15) is 40.1 Å². The quantitative estimate of drug-likeness (QED) is 0.0667. The number of ketones is 1. The van der Waals surface area contributed by atoms with Crippen molar-refractivity contribution in [3.8, 4) is 11.3 Å². The lowest BCUT2D eigenvalue weighted by atomic mass is 9.79. The standard InChI is InChI=1S/C48H67IN6O11/c1-8-42-35(28-56)23-29(2)13-18-40(57)30(3)24-34(47(31(4)41(58)25-43(59)65-42)66-48-46(61)44(52(6)7)45(60)32(5)64-48)19-20-53(26-33-14-16-36(49)17-15-33)21-22-54-27-38(50-51-54)37-11-9-10-12-39(37)55(62)63/h9-18,23,27,30-32,34-35,41-42,44-48,56,58,60-61H,8,19-22,24-26,28H2,1-7H3/b18-13+,29-23+/t30-,31+,32-,34+,35-,41-,42-,44?,45-,46?,47-,48+/m1/s1. The number of nitro benzene ring substituents is 1. The van der Waals surface area contributed by atoms with Gasteiger partial charge in [0.05, 0.1) is 66.7 Å². The second-order valence-electron chi connectivity index (χ2n) is 18.0. The Balaban J connectivity index is 1.52. The van der Waals surface area contributed by atoms with Gasteiger partial charge in [-0.3, -0.25) is 29.3 Å². The molecule has 3 heterocycles. The van der Waals surface area contributed by atoms with Gasteiger partial charge >= 0.3 is 5.97 Å². The van der Waals surface area contributed by atoms with E-state index in [2.05, 4.69) is 49.9 Å². The predicted molar refractivity (Wildman–Crippen MR) is 256 cm³/mol. The third-order valence-electron chi connectivity index (χ3n) is 12.9. The van der Waals surface area contributed by atoms with Crippen LogP contribution in [0, 0.1) is 37.4 Å². The number of cyclic esters (lactones) is 1. The minimum Gasteiger partial charge on any atom is -0.462 e. The number of rotatable bonds is 15. The number of aromatic nitrogens is 3. The number of likely N-dealkylation sites (N-methyl/N-ethyl adjacent to an activating group) is 1. The molecular formula is C48H67IN6O11. The number of hydrogen-bond donors (Lipinski definition) is 4. The fourth-order valence-electron chi connectivity index (χ4n) is 8.95. The lowest BCUT2D eigenvalue weighted by molar-refractivity contribution is -0.384. The first-order chi connectivity index (χ1) is 31.4. The summed E-state index contributed by atoms with van der Waals surface area (Å²) in [5, 5.41) is 65.3. The van der Waals surface area contributed by atoms with Crippen molar-refractivity contribution < 1.29 is 49.1 Å². The first-order valence-electron chi connectivity index (χ1n) is 22.7. The smallest absolute Gasteiger partial charge is 0.308 e. The van der Waals surface area contributed by atoms with Crippen LogP contribution in [0.2, 0.25) is 0 Å². The third kappa shape index (κ3) is 14.3. The molecule has 4 N–H and O–H groups in total. The molecule has 0 aliphatic carbocycles. The Hall–Kier alpha value is -3.99. The van der Waals surface area contributed by atoms with Crippen molar-refractivity contribution >= 4 is 40.0 Å². The topological polar surface area (TPSA) is 223 Å². The molecule has 17 nitrogen and oxygen atoms in total. The van der Waals surface area contributed by atoms with E-state index in [0.717, 1.165) is 9.13 Å². The molecule has 2 unspecified atom stereocenters. The number of esters is 1. The number of allylic oxidation sites excluding steroid dienone is 3. The number of aliphatic hydroxyl groups excluding tert-OH is 4. The van der Waals surface area contributed by atoms with Gasteiger partial charge < -0.3 is 39.5 Å². The summed E-state index contributed by atoms with van der Waals surface area (Å²) >= 11 is 2.26. The Morgan fingerprint density at radius 2 is 1.73 bits per heavy atom. The van der Waals surface area contributed by atoms with E-state index in [-0.39, 0.29) is 24.5 Å². The van der Waals surface area contributed by atoms with Crippen molar-refractivity contribution in [1.82, 2.24) is 24.8 Å². The normalized spacial score (nSPS) is 30.8. The molecule has 1 aromatic heterocycles. The van der Waals surface area contributed by atoms with Crippen molar-refractivity contribution in [3.05, 3.63) is 97.8 Å². The summed E-state index contributed by atoms with van der Waals surface area (Å²) in [5.41, 5.74) is 2.42. The molecule has 3 aromatic rings. The molecule has 12 atom stereocenters. The molecule has 66 heavy (non-hydrogen) atoms. The summed E-state index contributed by atoms with van der Waals surface area (Å²) in [6.07, 6.45) is 0.280. The molecule has 0 radical (unpaired) electrons. The summed E-state index contributed by atoms with van der Waals surface area (Å²) in [7, 11) is 3.49. The Morgan fingerprint density at radius 3 is 2.39 bits per heavy atom. The van der Waals surface area contributed by atoms with Gasteiger partial charge in [-0.2, -0.15) is 0 Å². The zero-order chi connectivity index (χ0) is 48.2. The van der Waals surface area contributed by atoms with Crippen LogP contribution in [0.4, 0.5) is 5.69 Å². The van der Waals surface area contributed by atoms with Gasteiger partial charge in [-0.25, -0.2) is 0 Å². The minimum atomic E-state index is -1.30. The highest BCUT2D eigenvalue weighted by Gasteiger charge is 2.47. The van der Waals surface area contributed by atoms with Crippen molar-refractivity contribution in [2.24, 2.45) is 23.7 Å². The number of nitro groups is 1. The van der Waals surface area contributed by atoms with Crippen molar-refractivity contribution in [2.45, 2.75) is 122 Å². The van der Waals surface area contributed by atoms with Gasteiger partial charge in [-0.15, -0.1) is 5.10 Å². The number of ether oxygens (including phenoxy) is 3. The second kappa shape index (κ2) is 24.9. The number of nitrogens with zero attached hydrogens (tertiary/aromatic N) is 6. The maximum Gasteiger partial charge on any atom is 0.308 e. The van der Waals surface area contributed by atoms with Gasteiger partial charge in [0.2, 0.25) is 0 Å². The summed E-state index contributed by atoms with van der Waals surface area (Å²) in [6.45, 7) is 10.5. The molecule has 2 aliphatic rings. The third-order valence-corrected chi connectivity index (χ3v) is 13.6. The van der Waals surface area contributed by atoms with Crippen LogP contribution in [0.5, 0.6) is 0 Å². The van der Waals surface area contributed by atoms with E-state index in [1.165, 1.54) is 12.1 Å². The first-order valence-corrected chi connectivity index (χ1v) is 23.8. The second-order valence-corrected chi connectivity index (χ2v) is 19.3. The molecule has 18 heteroatoms. The van der Waals surface area contributed by atoms with Gasteiger partial charge in [0.15, 0.2) is 12.1 Å². The van der Waals surface area contributed by atoms with Gasteiger partial charge in [-0.05, 0) is 112 Å². The highest BCUT2D eigenvalue weighted by Crippen LogP contribution is 2.35. The van der Waals surface area contributed by atoms with Crippen LogP contribution in [-0.4, -0.2) is 145 Å². The summed E-state index contributed by atoms with van der Waals surface area (Å²) in [4.78, 5) is 42.8. The Morgan fingerprint density at radius 1 is 1.02 bits per heavy atom. The Kier molecular flexibility index (Phi) is 20.0. The fourth-order valence-corrected chi connectivity index (χ4v) is 9.31. The number of carbonyl (C=O) groups excluding carboxylic acids is 2. The zero-order valence-corrected chi connectivity index (χ0v) is 41.1. The van der Waals surface area contributed by atoms with E-state index in [4.69, 9.17) is 14.2 Å². The molecule has 5 rings (SSSR count). The lowest BCUT2D eigenvalue weighted by Crippen LogP contribution is -2.63. The Bertz CT molecular complexity index is 2120. The molecule has 362 valence electrons. The number of carbonyl (C=O) groups is 2. The number of halogens is 1. The zero-order valence-electron chi connectivity index (χ0n) is 38.9. The van der Waals surface area contributed by atoms with E-state index in [0.29, 0.717) is 62.3 Å². The average molecular weight is 1030 g/mol. The predicted octanol–water partition coefficient (Wildman–Crippen LogP) is 5.18. The molecule has 0 amide bonds. The summed E-state index contributed by atoms with van der Waals surface area (Å²) in [5.74, 6) is -3.08. The van der Waals surface area contributed by atoms with Crippen molar-refractivity contribution in [1.29, 1.82) is 0 Å². The number of hydrogen-bond acceptors (Lipinski definition) is 15. The number of para-hydroxylation sites is 1. The molecular weight excluding hydrogens is 963 g/mol. The number of benzene rings is 2. The molecule has 0 saturated carbocycles. The monoisotopic (exact) mass is 1030 g/mol. The average Bonchev–Trinajstić information content (AvgIpc) is 3.76. The van der Waals surface area contributed by atoms with Crippen LogP contribution < -0.4 is 0 Å². The Labute approximate surface area is 401 Å². The highest BCUT2D eigenvalue weighted by molar-refractivity contribution is 14.1. The van der Waals surface area contributed by atoms with Crippen LogP contribution in [0.1, 0.15) is 65.9 Å². The molecule has 1 fully saturated rings. The van der Waals surface area contributed by atoms with Crippen LogP contribution in [0.3, 0.4) is 0 Å². The van der Waals surface area contributed by atoms with Crippen LogP contribution in [0.15, 0.2) is 78.5 Å². The maximum atomic E-state index is 13.9. The van der Waals surface area contributed by atoms with Gasteiger partial charge in [0.25, 0.3) is 5.69 Å². The highest BCUT2D eigenvalue weighted by atomic mass is 127. The van der Waals surface area contributed by atoms with Gasteiger partial charge in [0.1, 0.15) is 17.9 Å². The van der Waals surface area contributed by atoms with Crippen molar-refractivity contribution in [3.63, 3.8) is 0 Å². The fraction of sp³-hybridized carbons (Fsp3) is 0.583. The summed E-state index contributed by atoms with van der Waals surface area (Å²) < 4.78 is 21.6. The largest absolute Gasteiger partial charge is 0.462 e. The van der Waals surface area contributed by atoms with Crippen LogP contribution in [0.25, 0.3) is 11.3 Å². The maximum absolute atomic E-state index is 13.9. The van der Waals surface area contributed by atoms with E-state index >= 15 is 0 Å². The van der Waals surface area contributed by atoms with Crippen LogP contribution >= 0.6 is 22.6 Å². The van der Waals surface area contributed by atoms with E-state index < -0.39 is 83.5 Å². The van der Waals surface area contributed by atoms with E-state index in [1.807, 2.05) is 32.9 Å². The SMILES string of the molecule is CC[C@H]1OC(=O)C[C@@H](O)[C@H](C)[C@@H](O[C@@H]2O[C@H](C)[C@@H](O)C(N(C)C)C2O)[C@@H](CCN(CCn2cc(-c3ccccc3[N+](=O)[O-])nn2)Cc2ccc(I)cc2)C[C@@H](C)C(=O)/C=C/C(C)=C/[C@@H]1CO. The summed E-state index contributed by atoms with van der Waals surface area (Å²) in [6, 6.07) is 13.8. The van der Waals surface area contributed by atoms with Gasteiger partial charge in [-0.1, -0.05) is 68.0 Å².